The van der Waals surface area contributed by atoms with Crippen LogP contribution < -0.4 is 0 Å². The van der Waals surface area contributed by atoms with Crippen LogP contribution in [0.15, 0.2) is 23.8 Å². The van der Waals surface area contributed by atoms with Crippen LogP contribution in [0.5, 0.6) is 0 Å². The second-order valence-electron chi connectivity index (χ2n) is 13.1. The van der Waals surface area contributed by atoms with Crippen LogP contribution in [0.3, 0.4) is 0 Å². The molecule has 1 spiro atoms. The Bertz CT molecular complexity index is 1280. The summed E-state index contributed by atoms with van der Waals surface area (Å²) in [5, 5.41) is 12.9. The molecule has 2 bridgehead atoms. The SMILES string of the molecule is CC(C)c1sc(Cl)nc1C(=O)O[C@H]1C=C[C@]23C(=O)[C@@H](C=C4COC(C)(C)O[C@H]4[C@]12O)[C@H]1[C@@H](C[C@H]3C)C1(C)C. The molecule has 4 aliphatic carbocycles. The maximum atomic E-state index is 14.6. The van der Waals surface area contributed by atoms with E-state index in [9.17, 15) is 14.7 Å². The molecule has 38 heavy (non-hydrogen) atoms. The van der Waals surface area contributed by atoms with Crippen molar-refractivity contribution in [2.24, 2.45) is 34.5 Å². The lowest BCUT2D eigenvalue weighted by molar-refractivity contribution is -0.302. The van der Waals surface area contributed by atoms with E-state index in [1.165, 1.54) is 11.3 Å². The van der Waals surface area contributed by atoms with Gasteiger partial charge >= 0.3 is 5.97 Å². The number of nitrogens with zero attached hydrogens (tertiary/aromatic N) is 1. The number of allylic oxidation sites excluding steroid dienone is 1. The molecule has 5 aliphatic rings. The van der Waals surface area contributed by atoms with Gasteiger partial charge in [0.05, 0.1) is 12.0 Å². The molecule has 0 unspecified atom stereocenters. The molecular formula is C29H36ClNO6S. The minimum absolute atomic E-state index is 0.0161. The summed E-state index contributed by atoms with van der Waals surface area (Å²) in [6.45, 7) is 14.2. The van der Waals surface area contributed by atoms with Crippen molar-refractivity contribution in [3.05, 3.63) is 38.8 Å². The zero-order chi connectivity index (χ0) is 27.6. The number of ether oxygens (including phenoxy) is 3. The van der Waals surface area contributed by atoms with Crippen molar-refractivity contribution >= 4 is 34.7 Å². The quantitative estimate of drug-likeness (QED) is 0.394. The van der Waals surface area contributed by atoms with E-state index in [0.29, 0.717) is 5.92 Å². The number of hydrogen-bond acceptors (Lipinski definition) is 8. The monoisotopic (exact) mass is 561 g/mol. The van der Waals surface area contributed by atoms with E-state index in [-0.39, 0.29) is 51.6 Å². The fraction of sp³-hybridized carbons (Fsp3) is 0.690. The summed E-state index contributed by atoms with van der Waals surface area (Å²) < 4.78 is 18.7. The Kier molecular flexibility index (Phi) is 5.77. The maximum Gasteiger partial charge on any atom is 0.358 e. The third kappa shape index (κ3) is 3.39. The summed E-state index contributed by atoms with van der Waals surface area (Å²) in [4.78, 5) is 33.1. The van der Waals surface area contributed by atoms with Gasteiger partial charge in [-0.1, -0.05) is 58.4 Å². The highest BCUT2D eigenvalue weighted by atomic mass is 35.5. The first-order chi connectivity index (χ1) is 17.6. The Morgan fingerprint density at radius 2 is 2.00 bits per heavy atom. The Balaban J connectivity index is 1.47. The van der Waals surface area contributed by atoms with Gasteiger partial charge in [0, 0.05) is 10.8 Å². The van der Waals surface area contributed by atoms with Crippen LogP contribution in [0.2, 0.25) is 4.47 Å². The lowest BCUT2D eigenvalue weighted by atomic mass is 9.59. The molecule has 1 saturated heterocycles. The second kappa shape index (κ2) is 8.23. The molecule has 2 saturated carbocycles. The predicted molar refractivity (Wildman–Crippen MR) is 143 cm³/mol. The summed E-state index contributed by atoms with van der Waals surface area (Å²) in [5.74, 6) is -1.69. The van der Waals surface area contributed by atoms with E-state index in [4.69, 9.17) is 25.8 Å². The summed E-state index contributed by atoms with van der Waals surface area (Å²) >= 11 is 7.41. The molecule has 0 amide bonds. The Hall–Kier alpha value is -1.58. The van der Waals surface area contributed by atoms with Crippen LogP contribution in [-0.4, -0.2) is 52.0 Å². The first kappa shape index (κ1) is 26.6. The van der Waals surface area contributed by atoms with Crippen LogP contribution in [0.4, 0.5) is 0 Å². The van der Waals surface area contributed by atoms with Crippen LogP contribution in [0, 0.1) is 34.5 Å². The minimum atomic E-state index is -1.85. The Morgan fingerprint density at radius 3 is 2.68 bits per heavy atom. The third-order valence-corrected chi connectivity index (χ3v) is 11.4. The topological polar surface area (TPSA) is 95.0 Å². The lowest BCUT2D eigenvalue weighted by Crippen LogP contribution is -2.68. The molecule has 2 heterocycles. The summed E-state index contributed by atoms with van der Waals surface area (Å²) in [7, 11) is 0. The van der Waals surface area contributed by atoms with E-state index in [1.807, 2.05) is 32.9 Å². The number of halogens is 1. The molecule has 0 radical (unpaired) electrons. The third-order valence-electron chi connectivity index (χ3n) is 9.95. The first-order valence-electron chi connectivity index (χ1n) is 13.5. The van der Waals surface area contributed by atoms with Gasteiger partial charge in [0.25, 0.3) is 0 Å². The normalized spacial score (nSPS) is 41.9. The lowest BCUT2D eigenvalue weighted by Gasteiger charge is -2.52. The summed E-state index contributed by atoms with van der Waals surface area (Å²) in [6.07, 6.45) is 4.27. The van der Waals surface area contributed by atoms with Crippen LogP contribution in [0.25, 0.3) is 0 Å². The largest absolute Gasteiger partial charge is 0.450 e. The molecule has 1 aromatic rings. The molecule has 206 valence electrons. The number of thiazole rings is 1. The molecule has 9 heteroatoms. The van der Waals surface area contributed by atoms with Gasteiger partial charge in [0.2, 0.25) is 0 Å². The van der Waals surface area contributed by atoms with Gasteiger partial charge in [-0.05, 0) is 61.0 Å². The number of aromatic nitrogens is 1. The number of fused-ring (bicyclic) bond motifs is 5. The summed E-state index contributed by atoms with van der Waals surface area (Å²) in [5.41, 5.74) is -2.21. The van der Waals surface area contributed by atoms with Crippen LogP contribution in [-0.2, 0) is 19.0 Å². The molecular weight excluding hydrogens is 526 g/mol. The fourth-order valence-electron chi connectivity index (χ4n) is 7.94. The van der Waals surface area contributed by atoms with Crippen molar-refractivity contribution in [2.45, 2.75) is 84.4 Å². The average Bonchev–Trinajstić information content (AvgIpc) is 3.10. The van der Waals surface area contributed by atoms with E-state index in [0.717, 1.165) is 16.9 Å². The van der Waals surface area contributed by atoms with Crippen molar-refractivity contribution in [3.8, 4) is 0 Å². The minimum Gasteiger partial charge on any atom is -0.450 e. The molecule has 3 fully saturated rings. The molecule has 1 aromatic heterocycles. The highest BCUT2D eigenvalue weighted by Crippen LogP contribution is 2.71. The molecule has 6 rings (SSSR count). The van der Waals surface area contributed by atoms with E-state index in [2.05, 4.69) is 18.8 Å². The molecule has 1 N–H and O–H groups in total. The molecule has 0 aromatic carbocycles. The first-order valence-corrected chi connectivity index (χ1v) is 14.7. The zero-order valence-electron chi connectivity index (χ0n) is 22.9. The van der Waals surface area contributed by atoms with Gasteiger partial charge in [-0.2, -0.15) is 0 Å². The van der Waals surface area contributed by atoms with Crippen molar-refractivity contribution < 1.29 is 28.9 Å². The van der Waals surface area contributed by atoms with Crippen molar-refractivity contribution in [1.29, 1.82) is 0 Å². The second-order valence-corrected chi connectivity index (χ2v) is 14.7. The van der Waals surface area contributed by atoms with Crippen molar-refractivity contribution in [3.63, 3.8) is 0 Å². The number of rotatable bonds is 3. The van der Waals surface area contributed by atoms with Gasteiger partial charge in [-0.3, -0.25) is 4.79 Å². The number of carbonyl (C=O) groups excluding carboxylic acids is 2. The van der Waals surface area contributed by atoms with Gasteiger partial charge in [0.15, 0.2) is 33.4 Å². The molecule has 7 nitrogen and oxygen atoms in total. The number of hydrogen-bond donors (Lipinski definition) is 1. The maximum absolute atomic E-state index is 14.6. The highest BCUT2D eigenvalue weighted by molar-refractivity contribution is 7.16. The van der Waals surface area contributed by atoms with Crippen molar-refractivity contribution in [2.75, 3.05) is 6.61 Å². The predicted octanol–water partition coefficient (Wildman–Crippen LogP) is 5.32. The van der Waals surface area contributed by atoms with Crippen LogP contribution in [0.1, 0.15) is 76.2 Å². The van der Waals surface area contributed by atoms with Gasteiger partial charge < -0.3 is 19.3 Å². The van der Waals surface area contributed by atoms with E-state index < -0.39 is 35.0 Å². The molecule has 1 aliphatic heterocycles. The Labute approximate surface area is 232 Å². The van der Waals surface area contributed by atoms with Gasteiger partial charge in [-0.25, -0.2) is 9.78 Å². The van der Waals surface area contributed by atoms with E-state index >= 15 is 0 Å². The summed E-state index contributed by atoms with van der Waals surface area (Å²) in [6, 6.07) is 0. The highest BCUT2D eigenvalue weighted by Gasteiger charge is 2.76. The number of carbonyl (C=O) groups is 2. The number of Topliss-reactive ketones (excluding diaryl/α,β-unsaturated/α-hetero) is 1. The Morgan fingerprint density at radius 1 is 1.29 bits per heavy atom. The fourth-order valence-corrected chi connectivity index (χ4v) is 9.06. The number of aliphatic hydroxyl groups is 1. The van der Waals surface area contributed by atoms with Crippen molar-refractivity contribution in [1.82, 2.24) is 4.98 Å². The smallest absolute Gasteiger partial charge is 0.358 e. The average molecular weight is 562 g/mol. The number of ketones is 1. The standard InChI is InChI=1S/C29H36ClNO6S/c1-13(2)21-20(31-25(30)38-21)24(33)36-18-8-9-28-14(3)10-17-19(26(17,4)5)16(22(28)32)11-15-12-35-27(6,7)37-23(15)29(18,28)34/h8-9,11,13-14,16-19,23,34H,10,12H2,1-7H3/t14-,16+,17-,18+,19+,23-,28+,29-/m1/s1. The molecule has 8 atom stereocenters. The number of esters is 1. The zero-order valence-corrected chi connectivity index (χ0v) is 24.5. The van der Waals surface area contributed by atoms with Gasteiger partial charge in [-0.15, -0.1) is 11.3 Å². The van der Waals surface area contributed by atoms with Crippen LogP contribution >= 0.6 is 22.9 Å². The van der Waals surface area contributed by atoms with E-state index in [1.54, 1.807) is 19.9 Å². The van der Waals surface area contributed by atoms with Gasteiger partial charge in [0.1, 0.15) is 6.10 Å².